The molecule has 9 aromatic rings. The van der Waals surface area contributed by atoms with Crippen LogP contribution in [0.2, 0.25) is 0 Å². The zero-order valence-corrected chi connectivity index (χ0v) is 27.5. The lowest BCUT2D eigenvalue weighted by molar-refractivity contribution is 0.647. The standard InChI is InChI=1S/C49H32/c1-49(2)28-36(32-11-8-12-33(23-32)37-21-19-31-18-17-29-9-7-10-30-20-22-42(37)47(31)46(29)30)25-35-24-34-26-44-40-15-5-3-13-38(40)39-14-4-6-16-41(39)45(44)27-43(34)48(35)49/h3-28H,1-2H3. The van der Waals surface area contributed by atoms with Gasteiger partial charge in [-0.2, -0.15) is 0 Å². The maximum Gasteiger partial charge on any atom is 0.00965 e. The summed E-state index contributed by atoms with van der Waals surface area (Å²) < 4.78 is 0. The SMILES string of the molecule is CC1(C)C=C(c2cccc(-c3ccc4ccc5cccc6ccc3c4c56)c2)C=C2C=c3cc4c5ccccc5c5ccccc5c4cc3=C21. The molecule has 0 aliphatic heterocycles. The van der Waals surface area contributed by atoms with Gasteiger partial charge in [0.1, 0.15) is 0 Å². The minimum absolute atomic E-state index is 0.134. The zero-order chi connectivity index (χ0) is 32.4. The molecule has 2 aliphatic carbocycles. The summed E-state index contributed by atoms with van der Waals surface area (Å²) in [5, 5.41) is 18.6. The summed E-state index contributed by atoms with van der Waals surface area (Å²) in [5.41, 5.74) is 7.70. The molecule has 0 saturated carbocycles. The molecule has 0 fully saturated rings. The highest BCUT2D eigenvalue weighted by Gasteiger charge is 2.31. The van der Waals surface area contributed by atoms with Crippen molar-refractivity contribution in [3.63, 3.8) is 0 Å². The minimum atomic E-state index is -0.134. The summed E-state index contributed by atoms with van der Waals surface area (Å²) >= 11 is 0. The first kappa shape index (κ1) is 27.0. The second kappa shape index (κ2) is 9.56. The molecule has 49 heavy (non-hydrogen) atoms. The second-order valence-electron chi connectivity index (χ2n) is 14.6. The van der Waals surface area contributed by atoms with Crippen LogP contribution in [0.5, 0.6) is 0 Å². The molecule has 0 unspecified atom stereocenters. The molecule has 0 saturated heterocycles. The molecule has 0 radical (unpaired) electrons. The van der Waals surface area contributed by atoms with E-state index in [0.717, 1.165) is 0 Å². The Morgan fingerprint density at radius 3 is 1.73 bits per heavy atom. The van der Waals surface area contributed by atoms with Gasteiger partial charge in [0.05, 0.1) is 0 Å². The predicted octanol–water partition coefficient (Wildman–Crippen LogP) is 11.7. The van der Waals surface area contributed by atoms with E-state index in [-0.39, 0.29) is 5.41 Å². The fraction of sp³-hybridized carbons (Fsp3) is 0.0612. The van der Waals surface area contributed by atoms with Crippen molar-refractivity contribution in [2.45, 2.75) is 13.8 Å². The first-order valence-corrected chi connectivity index (χ1v) is 17.3. The van der Waals surface area contributed by atoms with Crippen molar-refractivity contribution in [1.82, 2.24) is 0 Å². The molecule has 9 aromatic carbocycles. The van der Waals surface area contributed by atoms with Crippen LogP contribution in [0.25, 0.3) is 93.0 Å². The van der Waals surface area contributed by atoms with Gasteiger partial charge in [0.25, 0.3) is 0 Å². The second-order valence-corrected chi connectivity index (χ2v) is 14.6. The van der Waals surface area contributed by atoms with Crippen molar-refractivity contribution >= 4 is 81.9 Å². The van der Waals surface area contributed by atoms with Crippen molar-refractivity contribution in [3.05, 3.63) is 173 Å². The molecule has 0 bridgehead atoms. The van der Waals surface area contributed by atoms with Gasteiger partial charge in [-0.1, -0.05) is 141 Å². The van der Waals surface area contributed by atoms with Crippen LogP contribution in [0.15, 0.2) is 157 Å². The van der Waals surface area contributed by atoms with Crippen molar-refractivity contribution in [2.24, 2.45) is 5.41 Å². The lowest BCUT2D eigenvalue weighted by atomic mass is 9.74. The minimum Gasteiger partial charge on any atom is -0.0665 e. The Hall–Kier alpha value is -5.98. The first-order valence-electron chi connectivity index (χ1n) is 17.3. The third kappa shape index (κ3) is 3.75. The van der Waals surface area contributed by atoms with E-state index in [0.29, 0.717) is 0 Å². The van der Waals surface area contributed by atoms with Crippen LogP contribution in [0.1, 0.15) is 19.4 Å². The monoisotopic (exact) mass is 620 g/mol. The van der Waals surface area contributed by atoms with Crippen molar-refractivity contribution < 1.29 is 0 Å². The summed E-state index contributed by atoms with van der Waals surface area (Å²) in [7, 11) is 0. The Kier molecular flexibility index (Phi) is 5.27. The van der Waals surface area contributed by atoms with E-state index < -0.39 is 0 Å². The molecular weight excluding hydrogens is 589 g/mol. The topological polar surface area (TPSA) is 0 Å². The summed E-state index contributed by atoms with van der Waals surface area (Å²) in [5.74, 6) is 0. The van der Waals surface area contributed by atoms with Gasteiger partial charge in [-0.3, -0.25) is 0 Å². The van der Waals surface area contributed by atoms with E-state index >= 15 is 0 Å². The van der Waals surface area contributed by atoms with Crippen LogP contribution in [0, 0.1) is 5.41 Å². The van der Waals surface area contributed by atoms with Crippen LogP contribution in [-0.4, -0.2) is 0 Å². The number of allylic oxidation sites excluding steroid dienone is 4. The highest BCUT2D eigenvalue weighted by atomic mass is 14.3. The highest BCUT2D eigenvalue weighted by molar-refractivity contribution is 6.26. The van der Waals surface area contributed by atoms with Crippen molar-refractivity contribution in [1.29, 1.82) is 0 Å². The van der Waals surface area contributed by atoms with Gasteiger partial charge in [0.2, 0.25) is 0 Å². The third-order valence-electron chi connectivity index (χ3n) is 11.3. The summed E-state index contributed by atoms with van der Waals surface area (Å²) in [6.45, 7) is 4.76. The van der Waals surface area contributed by atoms with E-state index in [4.69, 9.17) is 0 Å². The Morgan fingerprint density at radius 2 is 1.00 bits per heavy atom. The average molecular weight is 621 g/mol. The fourth-order valence-electron chi connectivity index (χ4n) is 9.22. The van der Waals surface area contributed by atoms with E-state index in [9.17, 15) is 0 Å². The Bertz CT molecular complexity index is 3090. The van der Waals surface area contributed by atoms with Crippen molar-refractivity contribution in [3.8, 4) is 11.1 Å². The molecule has 228 valence electrons. The van der Waals surface area contributed by atoms with Gasteiger partial charge < -0.3 is 0 Å². The molecule has 0 amide bonds. The van der Waals surface area contributed by atoms with Crippen LogP contribution in [0.3, 0.4) is 0 Å². The smallest absolute Gasteiger partial charge is 0.00965 e. The summed E-state index contributed by atoms with van der Waals surface area (Å²) in [6, 6.07) is 52.2. The third-order valence-corrected chi connectivity index (χ3v) is 11.3. The van der Waals surface area contributed by atoms with Crippen LogP contribution >= 0.6 is 0 Å². The molecule has 0 heterocycles. The van der Waals surface area contributed by atoms with Crippen molar-refractivity contribution in [2.75, 3.05) is 0 Å². The number of hydrogen-bond donors (Lipinski definition) is 0. The van der Waals surface area contributed by atoms with Gasteiger partial charge in [-0.15, -0.1) is 0 Å². The molecule has 11 rings (SSSR count). The number of fused-ring (bicyclic) bond motifs is 8. The van der Waals surface area contributed by atoms with E-state index in [1.165, 1.54) is 108 Å². The van der Waals surface area contributed by atoms with E-state index in [1.807, 2.05) is 0 Å². The maximum absolute atomic E-state index is 2.49. The van der Waals surface area contributed by atoms with Gasteiger partial charge in [-0.25, -0.2) is 0 Å². The lowest BCUT2D eigenvalue weighted by Crippen LogP contribution is -2.28. The maximum atomic E-state index is 2.49. The normalized spacial score (nSPS) is 15.3. The molecular formula is C49H32. The van der Waals surface area contributed by atoms with Gasteiger partial charge in [0.15, 0.2) is 0 Å². The summed E-state index contributed by atoms with van der Waals surface area (Å²) in [6.07, 6.45) is 7.33. The predicted molar refractivity (Wildman–Crippen MR) is 212 cm³/mol. The van der Waals surface area contributed by atoms with E-state index in [1.54, 1.807) is 0 Å². The largest absolute Gasteiger partial charge is 0.0665 e. The summed E-state index contributed by atoms with van der Waals surface area (Å²) in [4.78, 5) is 0. The van der Waals surface area contributed by atoms with Gasteiger partial charge >= 0.3 is 0 Å². The van der Waals surface area contributed by atoms with E-state index in [2.05, 4.69) is 172 Å². The number of hydrogen-bond acceptors (Lipinski definition) is 0. The molecule has 2 aliphatic rings. The average Bonchev–Trinajstić information content (AvgIpc) is 3.51. The van der Waals surface area contributed by atoms with Crippen LogP contribution < -0.4 is 10.4 Å². The molecule has 0 spiro atoms. The Morgan fingerprint density at radius 1 is 0.408 bits per heavy atom. The fourth-order valence-corrected chi connectivity index (χ4v) is 9.22. The Labute approximate surface area is 284 Å². The highest BCUT2D eigenvalue weighted by Crippen LogP contribution is 2.45. The molecule has 0 nitrogen and oxygen atoms in total. The number of rotatable bonds is 2. The lowest BCUT2D eigenvalue weighted by Gasteiger charge is -2.30. The molecule has 0 aromatic heterocycles. The molecule has 0 heteroatoms. The van der Waals surface area contributed by atoms with Gasteiger partial charge in [0, 0.05) is 5.41 Å². The zero-order valence-electron chi connectivity index (χ0n) is 27.5. The molecule has 0 N–H and O–H groups in total. The van der Waals surface area contributed by atoms with Crippen LogP contribution in [0.4, 0.5) is 0 Å². The first-order chi connectivity index (χ1) is 24.0. The number of benzene rings is 9. The Balaban J connectivity index is 1.09. The quantitative estimate of drug-likeness (QED) is 0.169. The van der Waals surface area contributed by atoms with Gasteiger partial charge in [-0.05, 0) is 139 Å². The molecule has 0 atom stereocenters. The van der Waals surface area contributed by atoms with Crippen LogP contribution in [-0.2, 0) is 0 Å².